The molecule has 4 rings (SSSR count). The van der Waals surface area contributed by atoms with E-state index >= 15 is 0 Å². The molecule has 0 spiro atoms. The monoisotopic (exact) mass is 362 g/mol. The zero-order valence-corrected chi connectivity index (χ0v) is 15.8. The largest absolute Gasteiger partial charge is 0.494 e. The summed E-state index contributed by atoms with van der Waals surface area (Å²) in [7, 11) is 0. The summed E-state index contributed by atoms with van der Waals surface area (Å²) in [5, 5.41) is 0. The van der Waals surface area contributed by atoms with Gasteiger partial charge in [-0.2, -0.15) is 0 Å². The van der Waals surface area contributed by atoms with E-state index in [0.29, 0.717) is 6.61 Å². The molecule has 0 fully saturated rings. The van der Waals surface area contributed by atoms with Crippen molar-refractivity contribution in [2.24, 2.45) is 0 Å². The lowest BCUT2D eigenvalue weighted by Gasteiger charge is -2.24. The molecule has 4 heteroatoms. The summed E-state index contributed by atoms with van der Waals surface area (Å²) in [5.74, 6) is 1.81. The van der Waals surface area contributed by atoms with Crippen molar-refractivity contribution < 1.29 is 4.74 Å². The van der Waals surface area contributed by atoms with Crippen LogP contribution in [0.25, 0.3) is 17.1 Å². The van der Waals surface area contributed by atoms with E-state index in [0.717, 1.165) is 40.3 Å². The average Bonchev–Trinajstić information content (AvgIpc) is 2.70. The number of hydrogen-bond acceptors (Lipinski definition) is 3. The minimum atomic E-state index is 0.670. The Bertz CT molecular complexity index is 962. The highest BCUT2D eigenvalue weighted by Crippen LogP contribution is 2.30. The van der Waals surface area contributed by atoms with Crippen LogP contribution >= 0.6 is 12.2 Å². The number of fused-ring (bicyclic) bond motifs is 1. The summed E-state index contributed by atoms with van der Waals surface area (Å²) >= 11 is 5.65. The summed E-state index contributed by atoms with van der Waals surface area (Å²) in [6, 6.07) is 18.6. The van der Waals surface area contributed by atoms with Crippen molar-refractivity contribution in [3.05, 3.63) is 70.5 Å². The molecular weight excluding hydrogens is 340 g/mol. The molecule has 3 aromatic rings. The number of nitrogens with zero attached hydrogens (tertiary/aromatic N) is 2. The fourth-order valence-electron chi connectivity index (χ4n) is 3.63. The van der Waals surface area contributed by atoms with Crippen LogP contribution in [0, 0.1) is 4.64 Å². The minimum Gasteiger partial charge on any atom is -0.494 e. The Balaban J connectivity index is 1.95. The first-order chi connectivity index (χ1) is 12.8. The molecule has 26 heavy (non-hydrogen) atoms. The van der Waals surface area contributed by atoms with Gasteiger partial charge in [0.2, 0.25) is 0 Å². The van der Waals surface area contributed by atoms with Crippen LogP contribution < -0.4 is 4.74 Å². The summed E-state index contributed by atoms with van der Waals surface area (Å²) in [4.78, 5) is 4.84. The Morgan fingerprint density at radius 2 is 1.73 bits per heavy atom. The second kappa shape index (κ2) is 7.42. The Hall–Kier alpha value is -2.46. The van der Waals surface area contributed by atoms with Crippen LogP contribution in [-0.4, -0.2) is 16.2 Å². The van der Waals surface area contributed by atoms with E-state index in [9.17, 15) is 0 Å². The molecule has 1 heterocycles. The summed E-state index contributed by atoms with van der Waals surface area (Å²) in [6.07, 6.45) is 4.44. The van der Waals surface area contributed by atoms with E-state index in [1.807, 2.05) is 37.3 Å². The fraction of sp³-hybridized carbons (Fsp3) is 0.273. The van der Waals surface area contributed by atoms with Gasteiger partial charge in [-0.3, -0.25) is 4.57 Å². The number of rotatable bonds is 4. The molecule has 2 aromatic carbocycles. The second-order valence-electron chi connectivity index (χ2n) is 6.50. The van der Waals surface area contributed by atoms with Crippen LogP contribution in [0.5, 0.6) is 5.75 Å². The maximum atomic E-state index is 5.65. The zero-order chi connectivity index (χ0) is 17.9. The Morgan fingerprint density at radius 1 is 1.00 bits per heavy atom. The first-order valence-electron chi connectivity index (χ1n) is 9.21. The predicted molar refractivity (Wildman–Crippen MR) is 108 cm³/mol. The molecule has 0 aliphatic heterocycles. The third-order valence-corrected chi connectivity index (χ3v) is 5.16. The SMILES string of the molecule is CCOc1ccc(-n2c(-c3ccccc3)nc(=S)c3c2CCCC3)cc1. The van der Waals surface area contributed by atoms with Crippen molar-refractivity contribution in [1.82, 2.24) is 9.55 Å². The van der Waals surface area contributed by atoms with Crippen LogP contribution in [-0.2, 0) is 12.8 Å². The smallest absolute Gasteiger partial charge is 0.146 e. The van der Waals surface area contributed by atoms with Crippen molar-refractivity contribution in [2.75, 3.05) is 6.61 Å². The van der Waals surface area contributed by atoms with Gasteiger partial charge in [-0.05, 0) is 56.9 Å². The molecule has 132 valence electrons. The number of benzene rings is 2. The molecule has 0 saturated heterocycles. The maximum absolute atomic E-state index is 5.65. The molecule has 0 atom stereocenters. The summed E-state index contributed by atoms with van der Waals surface area (Å²) in [6.45, 7) is 2.67. The van der Waals surface area contributed by atoms with Gasteiger partial charge in [0.1, 0.15) is 16.2 Å². The molecule has 0 saturated carbocycles. The molecule has 1 aliphatic rings. The summed E-state index contributed by atoms with van der Waals surface area (Å²) in [5.41, 5.74) is 4.73. The van der Waals surface area contributed by atoms with Crippen LogP contribution in [0.2, 0.25) is 0 Å². The van der Waals surface area contributed by atoms with E-state index in [-0.39, 0.29) is 0 Å². The van der Waals surface area contributed by atoms with Gasteiger partial charge in [-0.1, -0.05) is 42.5 Å². The molecule has 0 amide bonds. The van der Waals surface area contributed by atoms with Crippen molar-refractivity contribution in [3.63, 3.8) is 0 Å². The van der Waals surface area contributed by atoms with Gasteiger partial charge in [-0.25, -0.2) is 4.98 Å². The standard InChI is InChI=1S/C22H22N2OS/c1-2-25-18-14-12-17(13-15-18)24-20-11-7-6-10-19(20)22(26)23-21(24)16-8-4-3-5-9-16/h3-5,8-9,12-15H,2,6-7,10-11H2,1H3. The molecule has 0 radical (unpaired) electrons. The third kappa shape index (κ3) is 3.17. The number of hydrogen-bond donors (Lipinski definition) is 0. The highest BCUT2D eigenvalue weighted by Gasteiger charge is 2.20. The molecule has 1 aromatic heterocycles. The third-order valence-electron chi connectivity index (χ3n) is 4.82. The van der Waals surface area contributed by atoms with Crippen molar-refractivity contribution in [1.29, 1.82) is 0 Å². The van der Waals surface area contributed by atoms with E-state index in [2.05, 4.69) is 28.8 Å². The zero-order valence-electron chi connectivity index (χ0n) is 14.9. The highest BCUT2D eigenvalue weighted by atomic mass is 32.1. The van der Waals surface area contributed by atoms with Gasteiger partial charge >= 0.3 is 0 Å². The topological polar surface area (TPSA) is 27.1 Å². The van der Waals surface area contributed by atoms with E-state index < -0.39 is 0 Å². The lowest BCUT2D eigenvalue weighted by molar-refractivity contribution is 0.340. The van der Waals surface area contributed by atoms with E-state index in [1.54, 1.807) is 0 Å². The highest BCUT2D eigenvalue weighted by molar-refractivity contribution is 7.71. The molecule has 3 nitrogen and oxygen atoms in total. The van der Waals surface area contributed by atoms with Gasteiger partial charge in [0.25, 0.3) is 0 Å². The van der Waals surface area contributed by atoms with Gasteiger partial charge in [-0.15, -0.1) is 0 Å². The first kappa shape index (κ1) is 17.0. The van der Waals surface area contributed by atoms with Gasteiger partial charge in [0, 0.05) is 22.5 Å². The molecule has 0 unspecified atom stereocenters. The fourth-order valence-corrected chi connectivity index (χ4v) is 3.93. The van der Waals surface area contributed by atoms with Crippen LogP contribution in [0.15, 0.2) is 54.6 Å². The van der Waals surface area contributed by atoms with Crippen LogP contribution in [0.4, 0.5) is 0 Å². The second-order valence-corrected chi connectivity index (χ2v) is 6.89. The Morgan fingerprint density at radius 3 is 2.46 bits per heavy atom. The Kier molecular flexibility index (Phi) is 4.85. The predicted octanol–water partition coefficient (Wildman–Crippen LogP) is 5.55. The quantitative estimate of drug-likeness (QED) is 0.570. The van der Waals surface area contributed by atoms with Crippen LogP contribution in [0.1, 0.15) is 31.0 Å². The lowest BCUT2D eigenvalue weighted by atomic mass is 9.96. The van der Waals surface area contributed by atoms with Crippen LogP contribution in [0.3, 0.4) is 0 Å². The minimum absolute atomic E-state index is 0.670. The van der Waals surface area contributed by atoms with Gasteiger partial charge in [0.05, 0.1) is 6.61 Å². The molecular formula is C22H22N2OS. The maximum Gasteiger partial charge on any atom is 0.146 e. The van der Waals surface area contributed by atoms with Crippen molar-refractivity contribution in [2.45, 2.75) is 32.6 Å². The van der Waals surface area contributed by atoms with E-state index in [1.165, 1.54) is 24.1 Å². The summed E-state index contributed by atoms with van der Waals surface area (Å²) < 4.78 is 8.64. The van der Waals surface area contributed by atoms with Crippen molar-refractivity contribution in [3.8, 4) is 22.8 Å². The van der Waals surface area contributed by atoms with E-state index in [4.69, 9.17) is 21.9 Å². The number of aromatic nitrogens is 2. The first-order valence-corrected chi connectivity index (χ1v) is 9.62. The molecule has 0 bridgehead atoms. The Labute approximate surface area is 159 Å². The van der Waals surface area contributed by atoms with Gasteiger partial charge < -0.3 is 4.74 Å². The molecule has 0 N–H and O–H groups in total. The number of ether oxygens (including phenoxy) is 1. The van der Waals surface area contributed by atoms with Crippen molar-refractivity contribution >= 4 is 12.2 Å². The lowest BCUT2D eigenvalue weighted by Crippen LogP contribution is -2.17. The normalized spacial score (nSPS) is 13.3. The van der Waals surface area contributed by atoms with Gasteiger partial charge in [0.15, 0.2) is 0 Å². The average molecular weight is 362 g/mol. The molecule has 1 aliphatic carbocycles.